The summed E-state index contributed by atoms with van der Waals surface area (Å²) in [7, 11) is 0. The highest BCUT2D eigenvalue weighted by molar-refractivity contribution is 6.11. The third-order valence-corrected chi connectivity index (χ3v) is 4.68. The number of aromatic hydroxyl groups is 1. The van der Waals surface area contributed by atoms with Gasteiger partial charge in [-0.15, -0.1) is 0 Å². The molecule has 0 aliphatic carbocycles. The number of nitrogens with one attached hydrogen (secondary N) is 1. The first-order valence-corrected chi connectivity index (χ1v) is 8.72. The van der Waals surface area contributed by atoms with Crippen LogP contribution in [-0.4, -0.2) is 53.5 Å². The van der Waals surface area contributed by atoms with Gasteiger partial charge in [0, 0.05) is 48.8 Å². The largest absolute Gasteiger partial charge is 0.507 e. The van der Waals surface area contributed by atoms with E-state index < -0.39 is 5.91 Å². The average molecular weight is 350 g/mol. The summed E-state index contributed by atoms with van der Waals surface area (Å²) in [6.07, 6.45) is 1.64. The van der Waals surface area contributed by atoms with Crippen molar-refractivity contribution in [1.82, 2.24) is 9.80 Å². The van der Waals surface area contributed by atoms with Crippen LogP contribution in [0.2, 0.25) is 0 Å². The fourth-order valence-electron chi connectivity index (χ4n) is 3.12. The second-order valence-corrected chi connectivity index (χ2v) is 6.26. The summed E-state index contributed by atoms with van der Waals surface area (Å²) in [5.41, 5.74) is 0.646. The minimum atomic E-state index is -0.443. The van der Waals surface area contributed by atoms with Crippen molar-refractivity contribution >= 4 is 22.4 Å². The van der Waals surface area contributed by atoms with E-state index in [1.165, 1.54) is 0 Å². The number of carbonyl (C=O) groups is 1. The van der Waals surface area contributed by atoms with Gasteiger partial charge < -0.3 is 20.2 Å². The molecule has 1 fully saturated rings. The van der Waals surface area contributed by atoms with Crippen molar-refractivity contribution in [3.8, 4) is 11.8 Å². The molecule has 3 rings (SSSR count). The van der Waals surface area contributed by atoms with Crippen molar-refractivity contribution in [2.45, 2.75) is 6.92 Å². The van der Waals surface area contributed by atoms with Crippen molar-refractivity contribution in [1.29, 1.82) is 5.26 Å². The molecule has 0 radical (unpaired) electrons. The molecule has 1 heterocycles. The van der Waals surface area contributed by atoms with Gasteiger partial charge in [-0.25, -0.2) is 0 Å². The van der Waals surface area contributed by atoms with Gasteiger partial charge in [-0.05, 0) is 18.7 Å². The quantitative estimate of drug-likeness (QED) is 0.654. The van der Waals surface area contributed by atoms with Crippen LogP contribution < -0.4 is 5.32 Å². The number of anilines is 1. The Morgan fingerprint density at radius 2 is 1.88 bits per heavy atom. The standard InChI is InChI=1S/C20H22N4O2/c1-2-23-9-11-24(12-10-23)14-15(13-21)20(26)22-18-7-3-6-17-16(18)5-4-8-19(17)25/h3-8,14,25H,2,9-12H2,1H3,(H,22,26)/b15-14-. The van der Waals surface area contributed by atoms with E-state index in [9.17, 15) is 15.2 Å². The summed E-state index contributed by atoms with van der Waals surface area (Å²) in [6, 6.07) is 12.5. The summed E-state index contributed by atoms with van der Waals surface area (Å²) in [4.78, 5) is 16.9. The number of hydrogen-bond donors (Lipinski definition) is 2. The molecule has 1 aliphatic rings. The summed E-state index contributed by atoms with van der Waals surface area (Å²) in [6.45, 7) is 6.59. The summed E-state index contributed by atoms with van der Waals surface area (Å²) >= 11 is 0. The number of fused-ring (bicyclic) bond motifs is 1. The van der Waals surface area contributed by atoms with Crippen LogP contribution in [-0.2, 0) is 4.79 Å². The molecule has 0 saturated carbocycles. The lowest BCUT2D eigenvalue weighted by Gasteiger charge is -2.33. The smallest absolute Gasteiger partial charge is 0.267 e. The number of rotatable bonds is 4. The molecule has 0 aromatic heterocycles. The van der Waals surface area contributed by atoms with Crippen LogP contribution in [0.5, 0.6) is 5.75 Å². The minimum Gasteiger partial charge on any atom is -0.507 e. The Kier molecular flexibility index (Phi) is 5.40. The topological polar surface area (TPSA) is 79.6 Å². The molecular formula is C20H22N4O2. The van der Waals surface area contributed by atoms with Gasteiger partial charge in [-0.1, -0.05) is 31.2 Å². The van der Waals surface area contributed by atoms with Crippen molar-refractivity contribution < 1.29 is 9.90 Å². The van der Waals surface area contributed by atoms with Crippen LogP contribution in [0.3, 0.4) is 0 Å². The Hall–Kier alpha value is -3.04. The van der Waals surface area contributed by atoms with Crippen molar-refractivity contribution in [3.63, 3.8) is 0 Å². The lowest BCUT2D eigenvalue weighted by Crippen LogP contribution is -2.44. The molecule has 1 aliphatic heterocycles. The van der Waals surface area contributed by atoms with Crippen LogP contribution in [0, 0.1) is 11.3 Å². The van der Waals surface area contributed by atoms with E-state index >= 15 is 0 Å². The van der Waals surface area contributed by atoms with Crippen LogP contribution in [0.25, 0.3) is 10.8 Å². The van der Waals surface area contributed by atoms with Crippen LogP contribution in [0.1, 0.15) is 6.92 Å². The maximum atomic E-state index is 12.6. The third-order valence-electron chi connectivity index (χ3n) is 4.68. The predicted molar refractivity (Wildman–Crippen MR) is 102 cm³/mol. The first-order valence-electron chi connectivity index (χ1n) is 8.72. The zero-order valence-corrected chi connectivity index (χ0v) is 14.8. The highest BCUT2D eigenvalue weighted by Gasteiger charge is 2.17. The molecule has 0 atom stereocenters. The highest BCUT2D eigenvalue weighted by atomic mass is 16.3. The molecule has 2 aromatic carbocycles. The second-order valence-electron chi connectivity index (χ2n) is 6.26. The van der Waals surface area contributed by atoms with Gasteiger partial charge in [0.25, 0.3) is 5.91 Å². The fraction of sp³-hybridized carbons (Fsp3) is 0.300. The number of hydrogen-bond acceptors (Lipinski definition) is 5. The fourth-order valence-corrected chi connectivity index (χ4v) is 3.12. The van der Waals surface area contributed by atoms with E-state index in [0.717, 1.165) is 38.1 Å². The van der Waals surface area contributed by atoms with E-state index in [0.29, 0.717) is 11.1 Å². The first-order chi connectivity index (χ1) is 12.6. The Labute approximate surface area is 152 Å². The van der Waals surface area contributed by atoms with Crippen LogP contribution >= 0.6 is 0 Å². The lowest BCUT2D eigenvalue weighted by molar-refractivity contribution is -0.112. The van der Waals surface area contributed by atoms with E-state index in [-0.39, 0.29) is 11.3 Å². The number of piperazine rings is 1. The highest BCUT2D eigenvalue weighted by Crippen LogP contribution is 2.30. The molecule has 26 heavy (non-hydrogen) atoms. The Morgan fingerprint density at radius 3 is 2.58 bits per heavy atom. The van der Waals surface area contributed by atoms with Gasteiger partial charge in [0.1, 0.15) is 17.4 Å². The number of carbonyl (C=O) groups excluding carboxylic acids is 1. The molecule has 1 amide bonds. The van der Waals surface area contributed by atoms with Crippen molar-refractivity contribution in [3.05, 3.63) is 48.2 Å². The van der Waals surface area contributed by atoms with Crippen LogP contribution in [0.4, 0.5) is 5.69 Å². The maximum Gasteiger partial charge on any atom is 0.267 e. The second kappa shape index (κ2) is 7.89. The number of phenolic OH excluding ortho intramolecular Hbond substituents is 1. The molecule has 1 saturated heterocycles. The summed E-state index contributed by atoms with van der Waals surface area (Å²) in [5, 5.41) is 23.5. The average Bonchev–Trinajstić information content (AvgIpc) is 2.67. The zero-order valence-electron chi connectivity index (χ0n) is 14.8. The zero-order chi connectivity index (χ0) is 18.5. The monoisotopic (exact) mass is 350 g/mol. The molecule has 2 aromatic rings. The van der Waals surface area contributed by atoms with Gasteiger partial charge in [0.15, 0.2) is 0 Å². The number of amides is 1. The van der Waals surface area contributed by atoms with Gasteiger partial charge in [-0.3, -0.25) is 4.79 Å². The molecule has 6 nitrogen and oxygen atoms in total. The molecule has 2 N–H and O–H groups in total. The molecule has 6 heteroatoms. The number of benzene rings is 2. The van der Waals surface area contributed by atoms with Crippen molar-refractivity contribution in [2.75, 3.05) is 38.0 Å². The minimum absolute atomic E-state index is 0.0760. The molecule has 0 unspecified atom stereocenters. The van der Waals surface area contributed by atoms with Gasteiger partial charge in [-0.2, -0.15) is 5.26 Å². The molecule has 134 valence electrons. The number of likely N-dealkylation sites (N-methyl/N-ethyl adjacent to an activating group) is 1. The molecular weight excluding hydrogens is 328 g/mol. The van der Waals surface area contributed by atoms with Gasteiger partial charge in [0.05, 0.1) is 0 Å². The van der Waals surface area contributed by atoms with Gasteiger partial charge in [0.2, 0.25) is 0 Å². The van der Waals surface area contributed by atoms with Crippen molar-refractivity contribution in [2.24, 2.45) is 0 Å². The van der Waals surface area contributed by atoms with Crippen LogP contribution in [0.15, 0.2) is 48.2 Å². The van der Waals surface area contributed by atoms with Gasteiger partial charge >= 0.3 is 0 Å². The first kappa shape index (κ1) is 17.8. The normalized spacial score (nSPS) is 15.7. The van der Waals surface area contributed by atoms with E-state index in [1.54, 1.807) is 36.5 Å². The SMILES string of the molecule is CCN1CCN(/C=C(/C#N)C(=O)Nc2cccc3c(O)cccc23)CC1. The summed E-state index contributed by atoms with van der Waals surface area (Å²) in [5.74, 6) is -0.287. The van der Waals surface area contributed by atoms with E-state index in [2.05, 4.69) is 17.1 Å². The Morgan fingerprint density at radius 1 is 1.19 bits per heavy atom. The lowest BCUT2D eigenvalue weighted by atomic mass is 10.1. The predicted octanol–water partition coefficient (Wildman–Crippen LogP) is 2.53. The molecule has 0 bridgehead atoms. The number of phenols is 1. The Balaban J connectivity index is 1.78. The number of nitrogens with zero attached hydrogens (tertiary/aromatic N) is 3. The Bertz CT molecular complexity index is 877. The third kappa shape index (κ3) is 3.79. The van der Waals surface area contributed by atoms with E-state index in [1.807, 2.05) is 17.0 Å². The summed E-state index contributed by atoms with van der Waals surface area (Å²) < 4.78 is 0. The maximum absolute atomic E-state index is 12.6. The number of nitriles is 1. The molecule has 0 spiro atoms. The van der Waals surface area contributed by atoms with E-state index in [4.69, 9.17) is 0 Å².